The Labute approximate surface area is 157 Å². The number of fused-ring (bicyclic) bond motifs is 3. The van der Waals surface area contributed by atoms with Gasteiger partial charge < -0.3 is 14.8 Å². The summed E-state index contributed by atoms with van der Waals surface area (Å²) in [5.41, 5.74) is 5.85. The topological polar surface area (TPSA) is 83.4 Å². The number of aryl methyl sites for hydroxylation is 2. The third-order valence-corrected chi connectivity index (χ3v) is 5.65. The summed E-state index contributed by atoms with van der Waals surface area (Å²) in [6.45, 7) is 5.07. The first-order valence-corrected chi connectivity index (χ1v) is 9.05. The third kappa shape index (κ3) is 2.78. The minimum Gasteiger partial charge on any atom is -0.497 e. The molecule has 3 aromatic rings. The highest BCUT2D eigenvalue weighted by atomic mass is 16.5. The lowest BCUT2D eigenvalue weighted by Crippen LogP contribution is -2.38. The fraction of sp³-hybridized carbons (Fsp3) is 0.400. The Kier molecular flexibility index (Phi) is 4.19. The van der Waals surface area contributed by atoms with Crippen LogP contribution in [0.4, 0.5) is 0 Å². The van der Waals surface area contributed by atoms with E-state index in [2.05, 4.69) is 10.1 Å². The molecule has 0 spiro atoms. The zero-order chi connectivity index (χ0) is 19.3. The first kappa shape index (κ1) is 17.6. The van der Waals surface area contributed by atoms with Crippen molar-refractivity contribution in [2.24, 2.45) is 7.05 Å². The van der Waals surface area contributed by atoms with Crippen LogP contribution in [0.15, 0.2) is 18.2 Å². The molecule has 1 aliphatic rings. The normalized spacial score (nSPS) is 15.7. The summed E-state index contributed by atoms with van der Waals surface area (Å²) < 4.78 is 7.12. The number of carboxylic acid groups (broad SMARTS) is 1. The summed E-state index contributed by atoms with van der Waals surface area (Å²) in [6.07, 6.45) is 0.786. The molecule has 3 heterocycles. The Morgan fingerprint density at radius 1 is 1.37 bits per heavy atom. The summed E-state index contributed by atoms with van der Waals surface area (Å²) in [5.74, 6) is -0.0368. The maximum atomic E-state index is 12.2. The van der Waals surface area contributed by atoms with E-state index < -0.39 is 12.0 Å². The van der Waals surface area contributed by atoms with Crippen LogP contribution in [0.1, 0.15) is 34.3 Å². The van der Waals surface area contributed by atoms with Gasteiger partial charge in [0.05, 0.1) is 12.8 Å². The molecule has 0 bridgehead atoms. The van der Waals surface area contributed by atoms with E-state index in [1.807, 2.05) is 44.0 Å². The molecule has 7 nitrogen and oxygen atoms in total. The van der Waals surface area contributed by atoms with Crippen molar-refractivity contribution in [3.63, 3.8) is 0 Å². The van der Waals surface area contributed by atoms with E-state index in [-0.39, 0.29) is 0 Å². The molecule has 1 atom stereocenters. The molecule has 0 amide bonds. The molecule has 1 unspecified atom stereocenters. The second-order valence-electron chi connectivity index (χ2n) is 7.16. The van der Waals surface area contributed by atoms with E-state index in [0.717, 1.165) is 45.6 Å². The molecule has 0 saturated carbocycles. The Hall–Kier alpha value is -2.80. The third-order valence-electron chi connectivity index (χ3n) is 5.65. The monoisotopic (exact) mass is 368 g/mol. The van der Waals surface area contributed by atoms with Crippen LogP contribution in [0.2, 0.25) is 0 Å². The smallest absolute Gasteiger partial charge is 0.325 e. The number of aromatic amines is 1. The lowest BCUT2D eigenvalue weighted by molar-refractivity contribution is -0.144. The van der Waals surface area contributed by atoms with Crippen molar-refractivity contribution in [2.45, 2.75) is 32.9 Å². The Balaban J connectivity index is 1.76. The molecule has 7 heteroatoms. The van der Waals surface area contributed by atoms with E-state index in [4.69, 9.17) is 4.74 Å². The highest BCUT2D eigenvalue weighted by molar-refractivity contribution is 5.86. The lowest BCUT2D eigenvalue weighted by atomic mass is 9.98. The van der Waals surface area contributed by atoms with Gasteiger partial charge in [0.15, 0.2) is 0 Å². The molecular formula is C20H24N4O3. The van der Waals surface area contributed by atoms with Gasteiger partial charge >= 0.3 is 5.97 Å². The van der Waals surface area contributed by atoms with Crippen molar-refractivity contribution >= 4 is 16.9 Å². The number of methoxy groups -OCH3 is 1. The number of aliphatic carboxylic acids is 1. The number of H-pyrrole nitrogens is 1. The quantitative estimate of drug-likeness (QED) is 0.740. The summed E-state index contributed by atoms with van der Waals surface area (Å²) in [6, 6.07) is 5.26. The summed E-state index contributed by atoms with van der Waals surface area (Å²) >= 11 is 0. The molecule has 142 valence electrons. The number of carbonyl (C=O) groups is 1. The first-order valence-electron chi connectivity index (χ1n) is 9.05. The van der Waals surface area contributed by atoms with Crippen molar-refractivity contribution in [3.8, 4) is 5.75 Å². The predicted octanol–water partition coefficient (Wildman–Crippen LogP) is 2.71. The van der Waals surface area contributed by atoms with Gasteiger partial charge in [0.1, 0.15) is 11.8 Å². The molecule has 1 aromatic carbocycles. The molecule has 2 aromatic heterocycles. The van der Waals surface area contributed by atoms with Gasteiger partial charge in [0.2, 0.25) is 0 Å². The average molecular weight is 368 g/mol. The number of benzene rings is 1. The first-order chi connectivity index (χ1) is 12.9. The van der Waals surface area contributed by atoms with Gasteiger partial charge in [0.25, 0.3) is 0 Å². The molecule has 27 heavy (non-hydrogen) atoms. The maximum Gasteiger partial charge on any atom is 0.325 e. The highest BCUT2D eigenvalue weighted by Gasteiger charge is 2.35. The molecule has 0 fully saturated rings. The van der Waals surface area contributed by atoms with Crippen molar-refractivity contribution in [1.82, 2.24) is 19.7 Å². The van der Waals surface area contributed by atoms with Crippen LogP contribution < -0.4 is 4.74 Å². The SMILES string of the molecule is COc1ccc2[nH]c3c(c2c1)CN(C(C(=O)O)c1c(C)nn(C)c1C)CC3. The van der Waals surface area contributed by atoms with Gasteiger partial charge in [-0.2, -0.15) is 5.10 Å². The van der Waals surface area contributed by atoms with Gasteiger partial charge in [0, 0.05) is 54.4 Å². The van der Waals surface area contributed by atoms with Crippen LogP contribution in [0.25, 0.3) is 10.9 Å². The molecule has 0 aliphatic carbocycles. The molecular weight excluding hydrogens is 344 g/mol. The van der Waals surface area contributed by atoms with Crippen LogP contribution in [0.3, 0.4) is 0 Å². The largest absolute Gasteiger partial charge is 0.497 e. The lowest BCUT2D eigenvalue weighted by Gasteiger charge is -2.32. The van der Waals surface area contributed by atoms with Crippen LogP contribution in [-0.2, 0) is 24.8 Å². The minimum atomic E-state index is -0.838. The van der Waals surface area contributed by atoms with Gasteiger partial charge in [-0.15, -0.1) is 0 Å². The number of rotatable bonds is 4. The second-order valence-corrected chi connectivity index (χ2v) is 7.16. The van der Waals surface area contributed by atoms with Crippen LogP contribution >= 0.6 is 0 Å². The van der Waals surface area contributed by atoms with E-state index >= 15 is 0 Å². The summed E-state index contributed by atoms with van der Waals surface area (Å²) in [4.78, 5) is 17.7. The van der Waals surface area contributed by atoms with Gasteiger partial charge in [-0.3, -0.25) is 14.4 Å². The number of nitrogens with one attached hydrogen (secondary N) is 1. The number of hydrogen-bond donors (Lipinski definition) is 2. The van der Waals surface area contributed by atoms with E-state index in [1.165, 1.54) is 5.69 Å². The van der Waals surface area contributed by atoms with Crippen LogP contribution in [-0.4, -0.2) is 44.4 Å². The van der Waals surface area contributed by atoms with Crippen molar-refractivity contribution in [1.29, 1.82) is 0 Å². The number of carboxylic acids is 1. The van der Waals surface area contributed by atoms with Crippen molar-refractivity contribution in [3.05, 3.63) is 46.4 Å². The molecule has 1 aliphatic heterocycles. The predicted molar refractivity (Wildman–Crippen MR) is 102 cm³/mol. The van der Waals surface area contributed by atoms with Crippen LogP contribution in [0.5, 0.6) is 5.75 Å². The molecule has 0 saturated heterocycles. The number of ether oxygens (including phenoxy) is 1. The summed E-state index contributed by atoms with van der Waals surface area (Å²) in [5, 5.41) is 15.5. The van der Waals surface area contributed by atoms with E-state index in [9.17, 15) is 9.90 Å². The standard InChI is InChI=1S/C20H24N4O3/c1-11-18(12(2)23(3)22-11)19(20(25)26)24-8-7-17-15(10-24)14-9-13(27-4)5-6-16(14)21-17/h5-6,9,19,21H,7-8,10H2,1-4H3,(H,25,26). The molecule has 2 N–H and O–H groups in total. The van der Waals surface area contributed by atoms with Gasteiger partial charge in [-0.1, -0.05) is 0 Å². The van der Waals surface area contributed by atoms with Gasteiger partial charge in [-0.05, 0) is 37.6 Å². The number of nitrogens with zero attached hydrogens (tertiary/aromatic N) is 3. The number of hydrogen-bond acceptors (Lipinski definition) is 4. The Morgan fingerprint density at radius 2 is 2.15 bits per heavy atom. The average Bonchev–Trinajstić information content (AvgIpc) is 3.12. The maximum absolute atomic E-state index is 12.2. The van der Waals surface area contributed by atoms with Crippen molar-refractivity contribution < 1.29 is 14.6 Å². The van der Waals surface area contributed by atoms with Crippen LogP contribution in [0, 0.1) is 13.8 Å². The van der Waals surface area contributed by atoms with Gasteiger partial charge in [-0.25, -0.2) is 0 Å². The zero-order valence-electron chi connectivity index (χ0n) is 16.0. The van der Waals surface area contributed by atoms with E-state index in [1.54, 1.807) is 11.8 Å². The highest BCUT2D eigenvalue weighted by Crippen LogP contribution is 2.35. The van der Waals surface area contributed by atoms with Crippen molar-refractivity contribution in [2.75, 3.05) is 13.7 Å². The zero-order valence-corrected chi connectivity index (χ0v) is 16.0. The van der Waals surface area contributed by atoms with E-state index in [0.29, 0.717) is 13.1 Å². The summed E-state index contributed by atoms with van der Waals surface area (Å²) in [7, 11) is 3.51. The fourth-order valence-electron chi connectivity index (χ4n) is 4.21. The Morgan fingerprint density at radius 3 is 2.78 bits per heavy atom. The second kappa shape index (κ2) is 6.42. The number of aromatic nitrogens is 3. The minimum absolute atomic E-state index is 0.577. The molecule has 4 rings (SSSR count). The Bertz CT molecular complexity index is 1030. The molecule has 0 radical (unpaired) electrons. The fourth-order valence-corrected chi connectivity index (χ4v) is 4.21.